The second-order valence-electron chi connectivity index (χ2n) is 7.82. The fraction of sp³-hybridized carbons (Fsp3) is 0.348. The molecule has 0 spiro atoms. The van der Waals surface area contributed by atoms with Crippen molar-refractivity contribution >= 4 is 11.7 Å². The average Bonchev–Trinajstić information content (AvgIpc) is 3.04. The lowest BCUT2D eigenvalue weighted by atomic mass is 9.83. The molecule has 0 N–H and O–H groups in total. The van der Waals surface area contributed by atoms with E-state index in [-0.39, 0.29) is 36.3 Å². The molecule has 1 amide bonds. The topological polar surface area (TPSA) is 48.0 Å². The Kier molecular flexibility index (Phi) is 4.60. The first-order valence-electron chi connectivity index (χ1n) is 10.1. The van der Waals surface area contributed by atoms with Crippen LogP contribution >= 0.6 is 0 Å². The van der Waals surface area contributed by atoms with E-state index in [0.29, 0.717) is 6.42 Å². The van der Waals surface area contributed by atoms with Gasteiger partial charge < -0.3 is 14.2 Å². The Bertz CT molecular complexity index is 992. The largest absolute Gasteiger partial charge is 0.586 e. The summed E-state index contributed by atoms with van der Waals surface area (Å²) in [5.41, 5.74) is 2.78. The number of hydrogen-bond donors (Lipinski definition) is 0. The third-order valence-electron chi connectivity index (χ3n) is 5.83. The van der Waals surface area contributed by atoms with Crippen molar-refractivity contribution in [2.75, 3.05) is 0 Å². The third kappa shape index (κ3) is 3.60. The van der Waals surface area contributed by atoms with Gasteiger partial charge in [-0.15, -0.1) is 8.78 Å². The number of piperidine rings is 1. The molecule has 5 nitrogen and oxygen atoms in total. The minimum Gasteiger partial charge on any atom is -0.445 e. The van der Waals surface area contributed by atoms with Crippen molar-refractivity contribution < 1.29 is 27.8 Å². The second kappa shape index (κ2) is 7.31. The zero-order chi connectivity index (χ0) is 20.7. The fourth-order valence-corrected chi connectivity index (χ4v) is 4.47. The summed E-state index contributed by atoms with van der Waals surface area (Å²) in [6.07, 6.45) is 1.53. The molecule has 2 bridgehead atoms. The van der Waals surface area contributed by atoms with Gasteiger partial charge in [0, 0.05) is 6.04 Å². The lowest BCUT2D eigenvalue weighted by molar-refractivity contribution is -0.286. The number of fused-ring (bicyclic) bond motifs is 3. The molecule has 2 unspecified atom stereocenters. The number of carbonyl (C=O) groups is 1. The number of benzene rings is 2. The van der Waals surface area contributed by atoms with Gasteiger partial charge in [0.1, 0.15) is 6.61 Å². The average molecular weight is 413 g/mol. The van der Waals surface area contributed by atoms with Crippen LogP contribution in [0.1, 0.15) is 36.8 Å². The van der Waals surface area contributed by atoms with Crippen LogP contribution in [0.2, 0.25) is 0 Å². The Morgan fingerprint density at radius 2 is 1.90 bits per heavy atom. The molecular weight excluding hydrogens is 392 g/mol. The first-order chi connectivity index (χ1) is 14.5. The Morgan fingerprint density at radius 1 is 1.10 bits per heavy atom. The van der Waals surface area contributed by atoms with E-state index < -0.39 is 6.29 Å². The van der Waals surface area contributed by atoms with Gasteiger partial charge in [0.2, 0.25) is 0 Å². The molecule has 1 saturated heterocycles. The number of amides is 1. The molecule has 1 fully saturated rings. The van der Waals surface area contributed by atoms with E-state index in [9.17, 15) is 13.6 Å². The van der Waals surface area contributed by atoms with Crippen LogP contribution in [0.3, 0.4) is 0 Å². The summed E-state index contributed by atoms with van der Waals surface area (Å²) in [5.74, 6) is 0.0692. The van der Waals surface area contributed by atoms with E-state index in [1.807, 2.05) is 35.2 Å². The van der Waals surface area contributed by atoms with Gasteiger partial charge in [-0.1, -0.05) is 42.5 Å². The van der Waals surface area contributed by atoms with Crippen molar-refractivity contribution in [2.45, 2.75) is 50.7 Å². The van der Waals surface area contributed by atoms with Gasteiger partial charge >= 0.3 is 12.4 Å². The molecule has 5 rings (SSSR count). The molecule has 0 saturated carbocycles. The summed E-state index contributed by atoms with van der Waals surface area (Å²) in [7, 11) is 0. The minimum absolute atomic E-state index is 0.0267. The highest BCUT2D eigenvalue weighted by molar-refractivity contribution is 5.75. The molecule has 156 valence electrons. The molecule has 7 heteroatoms. The van der Waals surface area contributed by atoms with Crippen LogP contribution in [-0.2, 0) is 11.3 Å². The van der Waals surface area contributed by atoms with Crippen molar-refractivity contribution in [3.05, 3.63) is 65.7 Å². The van der Waals surface area contributed by atoms with Gasteiger partial charge in [-0.2, -0.15) is 0 Å². The van der Waals surface area contributed by atoms with Gasteiger partial charge in [0.15, 0.2) is 11.5 Å². The Hall–Kier alpha value is -3.09. The highest BCUT2D eigenvalue weighted by atomic mass is 19.3. The summed E-state index contributed by atoms with van der Waals surface area (Å²) in [6, 6.07) is 14.4. The van der Waals surface area contributed by atoms with Crippen molar-refractivity contribution in [2.24, 2.45) is 0 Å². The zero-order valence-corrected chi connectivity index (χ0v) is 16.2. The maximum atomic E-state index is 13.3. The monoisotopic (exact) mass is 413 g/mol. The zero-order valence-electron chi connectivity index (χ0n) is 16.2. The number of hydrogen-bond acceptors (Lipinski definition) is 4. The Balaban J connectivity index is 1.33. The van der Waals surface area contributed by atoms with E-state index in [1.54, 1.807) is 12.1 Å². The number of alkyl halides is 2. The van der Waals surface area contributed by atoms with Gasteiger partial charge in [0.25, 0.3) is 0 Å². The standard InChI is InChI=1S/C23H21F2NO4/c24-23(25)29-20-10-9-16(13-21(20)30-23)17-11-18-7-4-8-19(12-17)26(18)22(27)28-14-15-5-2-1-3-6-15/h1-3,5-6,9-11,13,18-19H,4,7-8,12,14H2. The van der Waals surface area contributed by atoms with Gasteiger partial charge in [0.05, 0.1) is 6.04 Å². The van der Waals surface area contributed by atoms with E-state index in [1.165, 1.54) is 6.07 Å². The first-order valence-corrected chi connectivity index (χ1v) is 10.1. The van der Waals surface area contributed by atoms with Crippen LogP contribution in [0.4, 0.5) is 13.6 Å². The molecular formula is C23H21F2NO4. The molecule has 3 aliphatic rings. The minimum atomic E-state index is -3.63. The van der Waals surface area contributed by atoms with Gasteiger partial charge in [-0.05, 0) is 54.5 Å². The predicted molar refractivity (Wildman–Crippen MR) is 105 cm³/mol. The number of ether oxygens (including phenoxy) is 3. The lowest BCUT2D eigenvalue weighted by Gasteiger charge is -2.44. The van der Waals surface area contributed by atoms with Crippen molar-refractivity contribution in [3.63, 3.8) is 0 Å². The summed E-state index contributed by atoms with van der Waals surface area (Å²) in [4.78, 5) is 14.6. The van der Waals surface area contributed by atoms with Crippen LogP contribution < -0.4 is 9.47 Å². The van der Waals surface area contributed by atoms with Crippen LogP contribution in [0.5, 0.6) is 11.5 Å². The predicted octanol–water partition coefficient (Wildman–Crippen LogP) is 5.36. The number of rotatable bonds is 3. The summed E-state index contributed by atoms with van der Waals surface area (Å²) < 4.78 is 41.3. The smallest absolute Gasteiger partial charge is 0.445 e. The second-order valence-corrected chi connectivity index (χ2v) is 7.82. The highest BCUT2D eigenvalue weighted by Gasteiger charge is 2.44. The fourth-order valence-electron chi connectivity index (χ4n) is 4.47. The van der Waals surface area contributed by atoms with Gasteiger partial charge in [-0.3, -0.25) is 4.90 Å². The summed E-state index contributed by atoms with van der Waals surface area (Å²) in [6.45, 7) is 0.239. The maximum Gasteiger partial charge on any atom is 0.586 e. The molecule has 3 heterocycles. The SMILES string of the molecule is O=C(OCc1ccccc1)N1C2C=C(c3ccc4c(c3)OC(F)(F)O4)CC1CCC2. The van der Waals surface area contributed by atoms with Crippen molar-refractivity contribution in [1.82, 2.24) is 4.90 Å². The van der Waals surface area contributed by atoms with E-state index in [0.717, 1.165) is 36.0 Å². The van der Waals surface area contributed by atoms with Crippen LogP contribution in [-0.4, -0.2) is 29.4 Å². The van der Waals surface area contributed by atoms with Crippen molar-refractivity contribution in [1.29, 1.82) is 0 Å². The van der Waals surface area contributed by atoms with Crippen LogP contribution in [0, 0.1) is 0 Å². The molecule has 2 aromatic rings. The number of carbonyl (C=O) groups excluding carboxylic acids is 1. The Morgan fingerprint density at radius 3 is 2.70 bits per heavy atom. The normalized spacial score (nSPS) is 23.7. The summed E-state index contributed by atoms with van der Waals surface area (Å²) in [5, 5.41) is 0. The molecule has 0 aliphatic carbocycles. The third-order valence-corrected chi connectivity index (χ3v) is 5.83. The van der Waals surface area contributed by atoms with Gasteiger partial charge in [-0.25, -0.2) is 4.79 Å². The van der Waals surface area contributed by atoms with Crippen molar-refractivity contribution in [3.8, 4) is 11.5 Å². The van der Waals surface area contributed by atoms with E-state index >= 15 is 0 Å². The molecule has 2 atom stereocenters. The number of halogens is 2. The van der Waals surface area contributed by atoms with E-state index in [4.69, 9.17) is 4.74 Å². The highest BCUT2D eigenvalue weighted by Crippen LogP contribution is 2.44. The molecule has 3 aliphatic heterocycles. The lowest BCUT2D eigenvalue weighted by Crippen LogP contribution is -2.51. The Labute approximate surface area is 172 Å². The number of nitrogens with zero attached hydrogens (tertiary/aromatic N) is 1. The molecule has 2 aromatic carbocycles. The molecule has 0 aromatic heterocycles. The van der Waals surface area contributed by atoms with Crippen LogP contribution in [0.15, 0.2) is 54.6 Å². The first kappa shape index (κ1) is 18.9. The van der Waals surface area contributed by atoms with E-state index in [2.05, 4.69) is 15.5 Å². The van der Waals surface area contributed by atoms with Crippen LogP contribution in [0.25, 0.3) is 5.57 Å². The molecule has 0 radical (unpaired) electrons. The summed E-state index contributed by atoms with van der Waals surface area (Å²) >= 11 is 0. The maximum absolute atomic E-state index is 13.3. The molecule has 30 heavy (non-hydrogen) atoms. The quantitative estimate of drug-likeness (QED) is 0.680.